The maximum atomic E-state index is 13.1. The second-order valence-electron chi connectivity index (χ2n) is 9.83. The number of carbonyl (C=O) groups excluding carboxylic acids is 2. The number of aliphatic hydroxyl groups is 1. The van der Waals surface area contributed by atoms with Gasteiger partial charge in [-0.25, -0.2) is 19.1 Å². The Bertz CT molecular complexity index is 1680. The predicted molar refractivity (Wildman–Crippen MR) is 142 cm³/mol. The Morgan fingerprint density at radius 2 is 1.88 bits per heavy atom. The monoisotopic (exact) mass is 604 g/mol. The molecule has 1 aliphatic rings. The van der Waals surface area contributed by atoms with E-state index in [9.17, 15) is 32.7 Å². The number of carbonyl (C=O) groups is 2. The lowest BCUT2D eigenvalue weighted by Crippen LogP contribution is -2.37. The van der Waals surface area contributed by atoms with E-state index in [1.165, 1.54) is 46.4 Å². The highest BCUT2D eigenvalue weighted by molar-refractivity contribution is 6.30. The fourth-order valence-electron chi connectivity index (χ4n) is 4.58. The third-order valence-corrected chi connectivity index (χ3v) is 7.09. The molecule has 1 aromatic carbocycles. The quantitative estimate of drug-likeness (QED) is 0.305. The minimum absolute atomic E-state index is 0.0347. The van der Waals surface area contributed by atoms with Crippen LogP contribution in [0.3, 0.4) is 0 Å². The first kappa shape index (κ1) is 29.1. The first-order chi connectivity index (χ1) is 19.9. The standard InChI is InChI=1S/C26H24ClF3N8O4/c1-35-11-16(9-23(35)41)20(39)10-18-19(3-2-8-31-18)38-14-32-22(33-38)13-37-25(42)36(12-21(40)26(28,29)30)24(34-37)15-4-6-17(27)7-5-15/h2-8,14,16,21,40H,9-13H2,1H3/t16?,21-/m0/s1. The van der Waals surface area contributed by atoms with E-state index in [-0.39, 0.29) is 42.7 Å². The van der Waals surface area contributed by atoms with Crippen molar-refractivity contribution in [1.29, 1.82) is 0 Å². The second kappa shape index (κ2) is 11.5. The van der Waals surface area contributed by atoms with Gasteiger partial charge in [-0.15, -0.1) is 10.2 Å². The van der Waals surface area contributed by atoms with Crippen LogP contribution in [0.25, 0.3) is 17.1 Å². The Hall–Kier alpha value is -4.37. The van der Waals surface area contributed by atoms with E-state index < -0.39 is 30.4 Å². The fraction of sp³-hybridized carbons (Fsp3) is 0.346. The Morgan fingerprint density at radius 1 is 1.14 bits per heavy atom. The molecule has 4 heterocycles. The largest absolute Gasteiger partial charge is 0.416 e. The van der Waals surface area contributed by atoms with Gasteiger partial charge in [-0.05, 0) is 36.4 Å². The van der Waals surface area contributed by atoms with Crippen molar-refractivity contribution in [2.24, 2.45) is 5.92 Å². The van der Waals surface area contributed by atoms with E-state index in [0.29, 0.717) is 28.5 Å². The Kier molecular flexibility index (Phi) is 7.97. The number of alkyl halides is 3. The number of hydrogen-bond donors (Lipinski definition) is 1. The summed E-state index contributed by atoms with van der Waals surface area (Å²) in [6.45, 7) is -1.03. The topological polar surface area (TPSA) is 141 Å². The molecule has 4 aromatic rings. The highest BCUT2D eigenvalue weighted by atomic mass is 35.5. The lowest BCUT2D eigenvalue weighted by Gasteiger charge is -2.15. The fourth-order valence-corrected chi connectivity index (χ4v) is 4.71. The molecule has 1 N–H and O–H groups in total. The summed E-state index contributed by atoms with van der Waals surface area (Å²) < 4.78 is 42.4. The lowest BCUT2D eigenvalue weighted by molar-refractivity contribution is -0.207. The molecule has 1 saturated heterocycles. The zero-order valence-electron chi connectivity index (χ0n) is 22.1. The van der Waals surface area contributed by atoms with Crippen molar-refractivity contribution in [2.75, 3.05) is 13.6 Å². The van der Waals surface area contributed by atoms with E-state index in [2.05, 4.69) is 20.2 Å². The Labute approximate surface area is 241 Å². The lowest BCUT2D eigenvalue weighted by atomic mass is 9.98. The van der Waals surface area contributed by atoms with Crippen LogP contribution in [-0.4, -0.2) is 81.7 Å². The second-order valence-corrected chi connectivity index (χ2v) is 10.3. The molecule has 1 aliphatic heterocycles. The molecule has 0 bridgehead atoms. The zero-order chi connectivity index (χ0) is 30.2. The smallest absolute Gasteiger partial charge is 0.382 e. The molecule has 5 rings (SSSR count). The van der Waals surface area contributed by atoms with E-state index in [0.717, 1.165) is 9.25 Å². The number of likely N-dealkylation sites (tertiary alicyclic amines) is 1. The third-order valence-electron chi connectivity index (χ3n) is 6.84. The molecular formula is C26H24ClF3N8O4. The van der Waals surface area contributed by atoms with Crippen molar-refractivity contribution >= 4 is 23.3 Å². The number of aromatic nitrogens is 7. The number of rotatable bonds is 9. The average molecular weight is 605 g/mol. The molecule has 0 saturated carbocycles. The van der Waals surface area contributed by atoms with Gasteiger partial charge in [0.05, 0.1) is 24.3 Å². The molecule has 12 nitrogen and oxygen atoms in total. The van der Waals surface area contributed by atoms with Crippen LogP contribution in [0.4, 0.5) is 13.2 Å². The van der Waals surface area contributed by atoms with Gasteiger partial charge in [-0.2, -0.15) is 13.2 Å². The molecule has 0 radical (unpaired) electrons. The van der Waals surface area contributed by atoms with E-state index >= 15 is 0 Å². The van der Waals surface area contributed by atoms with Crippen molar-refractivity contribution in [3.63, 3.8) is 0 Å². The van der Waals surface area contributed by atoms with Crippen molar-refractivity contribution in [3.8, 4) is 17.1 Å². The third kappa shape index (κ3) is 6.11. The first-order valence-corrected chi connectivity index (χ1v) is 13.1. The SMILES string of the molecule is CN1CC(C(=O)Cc2ncccc2-n2cnc(Cn3nc(-c4ccc(Cl)cc4)n(C[C@H](O)C(F)(F)F)c3=O)n2)CC1=O. The van der Waals surface area contributed by atoms with Crippen LogP contribution in [0.15, 0.2) is 53.7 Å². The Morgan fingerprint density at radius 3 is 2.55 bits per heavy atom. The van der Waals surface area contributed by atoms with E-state index in [4.69, 9.17) is 11.6 Å². The summed E-state index contributed by atoms with van der Waals surface area (Å²) in [6.07, 6.45) is -4.77. The van der Waals surface area contributed by atoms with Crippen LogP contribution in [0.1, 0.15) is 17.9 Å². The summed E-state index contributed by atoms with van der Waals surface area (Å²) in [5, 5.41) is 18.6. The van der Waals surface area contributed by atoms with E-state index in [1.807, 2.05) is 0 Å². The molecule has 2 atom stereocenters. The molecule has 1 unspecified atom stereocenters. The van der Waals surface area contributed by atoms with Gasteiger partial charge in [0.2, 0.25) is 5.91 Å². The zero-order valence-corrected chi connectivity index (χ0v) is 22.8. The summed E-state index contributed by atoms with van der Waals surface area (Å²) in [5.74, 6) is -0.675. The minimum Gasteiger partial charge on any atom is -0.382 e. The molecular weight excluding hydrogens is 581 g/mol. The van der Waals surface area contributed by atoms with Gasteiger partial charge in [0.1, 0.15) is 18.7 Å². The van der Waals surface area contributed by atoms with Crippen LogP contribution in [0.5, 0.6) is 0 Å². The number of halogens is 4. The van der Waals surface area contributed by atoms with Gasteiger partial charge < -0.3 is 10.0 Å². The molecule has 16 heteroatoms. The first-order valence-electron chi connectivity index (χ1n) is 12.7. The average Bonchev–Trinajstić information content (AvgIpc) is 3.63. The van der Waals surface area contributed by atoms with E-state index in [1.54, 1.807) is 19.2 Å². The van der Waals surface area contributed by atoms with Crippen molar-refractivity contribution < 1.29 is 27.9 Å². The van der Waals surface area contributed by atoms with Gasteiger partial charge in [-0.3, -0.25) is 19.1 Å². The molecule has 0 aliphatic carbocycles. The summed E-state index contributed by atoms with van der Waals surface area (Å²) >= 11 is 5.92. The number of ketones is 1. The maximum absolute atomic E-state index is 13.1. The number of Topliss-reactive ketones (excluding diaryl/α,β-unsaturated/α-hetero) is 1. The highest BCUT2D eigenvalue weighted by Gasteiger charge is 2.39. The van der Waals surface area contributed by atoms with Gasteiger partial charge in [-0.1, -0.05) is 11.6 Å². The Balaban J connectivity index is 1.41. The molecule has 1 amide bonds. The number of nitrogens with zero attached hydrogens (tertiary/aromatic N) is 8. The minimum atomic E-state index is -4.95. The summed E-state index contributed by atoms with van der Waals surface area (Å²) in [5.41, 5.74) is 0.259. The molecule has 0 spiro atoms. The van der Waals surface area contributed by atoms with Gasteiger partial charge in [0, 0.05) is 42.7 Å². The number of benzene rings is 1. The number of pyridine rings is 1. The van der Waals surface area contributed by atoms with Crippen LogP contribution in [-0.2, 0) is 29.1 Å². The van der Waals surface area contributed by atoms with Crippen molar-refractivity contribution in [2.45, 2.75) is 38.2 Å². The normalized spacial score (nSPS) is 16.3. The predicted octanol–water partition coefficient (Wildman–Crippen LogP) is 1.90. The molecule has 3 aromatic heterocycles. The molecule has 1 fully saturated rings. The number of aliphatic hydroxyl groups excluding tert-OH is 1. The van der Waals surface area contributed by atoms with Crippen LogP contribution >= 0.6 is 11.6 Å². The molecule has 220 valence electrons. The summed E-state index contributed by atoms with van der Waals surface area (Å²) in [7, 11) is 1.64. The van der Waals surface area contributed by atoms with Gasteiger partial charge >= 0.3 is 11.9 Å². The maximum Gasteiger partial charge on any atom is 0.416 e. The number of amides is 1. The van der Waals surface area contributed by atoms with Gasteiger partial charge in [0.15, 0.2) is 17.8 Å². The van der Waals surface area contributed by atoms with Crippen LogP contribution in [0, 0.1) is 5.92 Å². The number of hydrogen-bond acceptors (Lipinski definition) is 8. The summed E-state index contributed by atoms with van der Waals surface area (Å²) in [6, 6.07) is 9.29. The van der Waals surface area contributed by atoms with Crippen molar-refractivity contribution in [1.82, 2.24) is 39.0 Å². The van der Waals surface area contributed by atoms with Crippen LogP contribution in [0.2, 0.25) is 5.02 Å². The van der Waals surface area contributed by atoms with Crippen LogP contribution < -0.4 is 5.69 Å². The molecule has 42 heavy (non-hydrogen) atoms. The van der Waals surface area contributed by atoms with Crippen molar-refractivity contribution in [3.05, 3.63) is 75.9 Å². The highest BCUT2D eigenvalue weighted by Crippen LogP contribution is 2.24. The summed E-state index contributed by atoms with van der Waals surface area (Å²) in [4.78, 5) is 47.9. The van der Waals surface area contributed by atoms with Gasteiger partial charge in [0.25, 0.3) is 0 Å².